The molecular weight excluding hydrogens is 383 g/mol. The van der Waals surface area contributed by atoms with Gasteiger partial charge in [-0.05, 0) is 48.4 Å². The van der Waals surface area contributed by atoms with E-state index in [0.29, 0.717) is 22.5 Å². The Hall–Kier alpha value is -2.57. The SMILES string of the molecule is CN=C(NCc1ccnc(-n2cccn2)c1)NC(C)c1ccc(Cl)cc1Cl. The van der Waals surface area contributed by atoms with E-state index in [1.54, 1.807) is 30.2 Å². The summed E-state index contributed by atoms with van der Waals surface area (Å²) in [4.78, 5) is 8.62. The lowest BCUT2D eigenvalue weighted by Gasteiger charge is -2.19. The van der Waals surface area contributed by atoms with E-state index in [1.807, 2.05) is 43.5 Å². The monoisotopic (exact) mass is 402 g/mol. The molecule has 2 heterocycles. The number of aliphatic imine (C=N–C) groups is 1. The van der Waals surface area contributed by atoms with E-state index >= 15 is 0 Å². The van der Waals surface area contributed by atoms with Crippen LogP contribution in [0.4, 0.5) is 0 Å². The Labute approximate surface area is 168 Å². The van der Waals surface area contributed by atoms with Crippen molar-refractivity contribution in [2.45, 2.75) is 19.5 Å². The lowest BCUT2D eigenvalue weighted by Crippen LogP contribution is -2.38. The number of guanidine groups is 1. The van der Waals surface area contributed by atoms with Gasteiger partial charge in [0.1, 0.15) is 0 Å². The van der Waals surface area contributed by atoms with Crippen molar-refractivity contribution in [3.05, 3.63) is 76.2 Å². The summed E-state index contributed by atoms with van der Waals surface area (Å²) < 4.78 is 1.72. The molecule has 0 saturated heterocycles. The molecular formula is C19H20Cl2N6. The van der Waals surface area contributed by atoms with Crippen molar-refractivity contribution < 1.29 is 0 Å². The molecule has 0 spiro atoms. The largest absolute Gasteiger partial charge is 0.352 e. The fourth-order valence-electron chi connectivity index (χ4n) is 2.62. The van der Waals surface area contributed by atoms with Crippen LogP contribution >= 0.6 is 23.2 Å². The van der Waals surface area contributed by atoms with Crippen LogP contribution in [0.5, 0.6) is 0 Å². The Morgan fingerprint density at radius 1 is 1.22 bits per heavy atom. The highest BCUT2D eigenvalue weighted by Crippen LogP contribution is 2.26. The first-order valence-corrected chi connectivity index (χ1v) is 9.19. The summed E-state index contributed by atoms with van der Waals surface area (Å²) in [6.07, 6.45) is 5.35. The molecule has 140 valence electrons. The molecule has 0 aliphatic carbocycles. The van der Waals surface area contributed by atoms with Gasteiger partial charge in [0, 0.05) is 42.2 Å². The minimum absolute atomic E-state index is 0.0296. The summed E-state index contributed by atoms with van der Waals surface area (Å²) >= 11 is 12.3. The summed E-state index contributed by atoms with van der Waals surface area (Å²) in [5.41, 5.74) is 2.02. The summed E-state index contributed by atoms with van der Waals surface area (Å²) in [5, 5.41) is 12.1. The van der Waals surface area contributed by atoms with Crippen LogP contribution in [0.3, 0.4) is 0 Å². The van der Waals surface area contributed by atoms with Gasteiger partial charge in [0.2, 0.25) is 0 Å². The van der Waals surface area contributed by atoms with E-state index in [1.165, 1.54) is 0 Å². The third kappa shape index (κ3) is 4.99. The van der Waals surface area contributed by atoms with Gasteiger partial charge in [0.05, 0.1) is 6.04 Å². The van der Waals surface area contributed by atoms with Crippen LogP contribution < -0.4 is 10.6 Å². The molecule has 0 aliphatic rings. The molecule has 0 bridgehead atoms. The first-order chi connectivity index (χ1) is 13.1. The lowest BCUT2D eigenvalue weighted by molar-refractivity contribution is 0.685. The zero-order valence-electron chi connectivity index (χ0n) is 15.0. The number of hydrogen-bond donors (Lipinski definition) is 2. The van der Waals surface area contributed by atoms with Gasteiger partial charge < -0.3 is 10.6 Å². The van der Waals surface area contributed by atoms with Crippen LogP contribution in [-0.4, -0.2) is 27.8 Å². The van der Waals surface area contributed by atoms with Gasteiger partial charge in [0.15, 0.2) is 11.8 Å². The van der Waals surface area contributed by atoms with Crippen molar-refractivity contribution in [3.63, 3.8) is 0 Å². The Kier molecular flexibility index (Phi) is 6.32. The molecule has 2 aromatic heterocycles. The van der Waals surface area contributed by atoms with Gasteiger partial charge >= 0.3 is 0 Å². The molecule has 1 unspecified atom stereocenters. The van der Waals surface area contributed by atoms with Crippen LogP contribution in [0.2, 0.25) is 10.0 Å². The summed E-state index contributed by atoms with van der Waals surface area (Å²) in [6.45, 7) is 2.61. The second-order valence-corrected chi connectivity index (χ2v) is 6.77. The van der Waals surface area contributed by atoms with E-state index in [-0.39, 0.29) is 6.04 Å². The maximum absolute atomic E-state index is 6.29. The second kappa shape index (κ2) is 8.88. The second-order valence-electron chi connectivity index (χ2n) is 5.93. The van der Waals surface area contributed by atoms with Crippen LogP contribution in [0.25, 0.3) is 5.82 Å². The normalized spacial score (nSPS) is 12.7. The quantitative estimate of drug-likeness (QED) is 0.499. The first-order valence-electron chi connectivity index (χ1n) is 8.44. The number of benzene rings is 1. The minimum atomic E-state index is -0.0296. The molecule has 3 aromatic rings. The van der Waals surface area contributed by atoms with E-state index in [2.05, 4.69) is 25.7 Å². The predicted octanol–water partition coefficient (Wildman–Crippen LogP) is 4.00. The molecule has 1 atom stereocenters. The Morgan fingerprint density at radius 2 is 2.07 bits per heavy atom. The van der Waals surface area contributed by atoms with Crippen molar-refractivity contribution in [1.29, 1.82) is 0 Å². The summed E-state index contributed by atoms with van der Waals surface area (Å²) in [7, 11) is 1.73. The molecule has 0 radical (unpaired) electrons. The first kappa shape index (κ1) is 19.2. The van der Waals surface area contributed by atoms with Crippen molar-refractivity contribution in [2.24, 2.45) is 4.99 Å². The maximum atomic E-state index is 6.29. The molecule has 8 heteroatoms. The zero-order valence-corrected chi connectivity index (χ0v) is 16.5. The fraction of sp³-hybridized carbons (Fsp3) is 0.211. The molecule has 6 nitrogen and oxygen atoms in total. The molecule has 0 saturated carbocycles. The predicted molar refractivity (Wildman–Crippen MR) is 110 cm³/mol. The number of hydrogen-bond acceptors (Lipinski definition) is 3. The minimum Gasteiger partial charge on any atom is -0.352 e. The molecule has 0 amide bonds. The Bertz CT molecular complexity index is 924. The van der Waals surface area contributed by atoms with Gasteiger partial charge in [-0.15, -0.1) is 0 Å². The third-order valence-electron chi connectivity index (χ3n) is 4.01. The van der Waals surface area contributed by atoms with Gasteiger partial charge in [-0.2, -0.15) is 5.10 Å². The summed E-state index contributed by atoms with van der Waals surface area (Å²) in [6, 6.07) is 11.2. The zero-order chi connectivity index (χ0) is 19.2. The van der Waals surface area contributed by atoms with Crippen molar-refractivity contribution in [3.8, 4) is 5.82 Å². The average molecular weight is 403 g/mol. The van der Waals surface area contributed by atoms with Crippen molar-refractivity contribution >= 4 is 29.2 Å². The molecule has 2 N–H and O–H groups in total. The van der Waals surface area contributed by atoms with Crippen LogP contribution in [0.1, 0.15) is 24.1 Å². The number of nitrogens with one attached hydrogen (secondary N) is 2. The average Bonchev–Trinajstić information content (AvgIpc) is 3.20. The van der Waals surface area contributed by atoms with Crippen molar-refractivity contribution in [2.75, 3.05) is 7.05 Å². The molecule has 0 fully saturated rings. The van der Waals surface area contributed by atoms with Crippen LogP contribution in [-0.2, 0) is 6.54 Å². The van der Waals surface area contributed by atoms with Crippen molar-refractivity contribution in [1.82, 2.24) is 25.4 Å². The number of rotatable bonds is 5. The third-order valence-corrected chi connectivity index (χ3v) is 4.58. The number of nitrogens with zero attached hydrogens (tertiary/aromatic N) is 4. The lowest BCUT2D eigenvalue weighted by atomic mass is 10.1. The van der Waals surface area contributed by atoms with Gasteiger partial charge in [-0.3, -0.25) is 4.99 Å². The fourth-order valence-corrected chi connectivity index (χ4v) is 3.19. The van der Waals surface area contributed by atoms with E-state index < -0.39 is 0 Å². The number of halogens is 2. The smallest absolute Gasteiger partial charge is 0.191 e. The van der Waals surface area contributed by atoms with Gasteiger partial charge in [-0.25, -0.2) is 9.67 Å². The van der Waals surface area contributed by atoms with Crippen LogP contribution in [0, 0.1) is 0 Å². The standard InChI is InChI=1S/C19H20Cl2N6/c1-13(16-5-4-15(20)11-17(16)21)26-19(22-2)24-12-14-6-8-23-18(10-14)27-9-3-7-25-27/h3-11,13H,12H2,1-2H3,(H2,22,24,26). The molecule has 3 rings (SSSR count). The molecule has 0 aliphatic heterocycles. The number of pyridine rings is 1. The Morgan fingerprint density at radius 3 is 2.78 bits per heavy atom. The highest BCUT2D eigenvalue weighted by atomic mass is 35.5. The number of aromatic nitrogens is 3. The maximum Gasteiger partial charge on any atom is 0.191 e. The summed E-state index contributed by atoms with van der Waals surface area (Å²) in [5.74, 6) is 1.44. The van der Waals surface area contributed by atoms with E-state index in [4.69, 9.17) is 23.2 Å². The topological polar surface area (TPSA) is 67.1 Å². The Balaban J connectivity index is 1.63. The van der Waals surface area contributed by atoms with E-state index in [9.17, 15) is 0 Å². The van der Waals surface area contributed by atoms with Gasteiger partial charge in [0.25, 0.3) is 0 Å². The molecule has 27 heavy (non-hydrogen) atoms. The highest BCUT2D eigenvalue weighted by Gasteiger charge is 2.12. The highest BCUT2D eigenvalue weighted by molar-refractivity contribution is 6.35. The van der Waals surface area contributed by atoms with E-state index in [0.717, 1.165) is 16.9 Å². The van der Waals surface area contributed by atoms with Crippen LogP contribution in [0.15, 0.2) is 60.0 Å². The van der Waals surface area contributed by atoms with Gasteiger partial charge in [-0.1, -0.05) is 29.3 Å². The molecule has 1 aromatic carbocycles.